The average Bonchev–Trinajstić information content (AvgIpc) is 2.46. The number of aromatic hydroxyl groups is 1. The minimum atomic E-state index is -0.387. The maximum absolute atomic E-state index is 12.3. The van der Waals surface area contributed by atoms with Crippen LogP contribution in [0.25, 0.3) is 16.6 Å². The van der Waals surface area contributed by atoms with Gasteiger partial charge >= 0.3 is 0 Å². The third-order valence-corrected chi connectivity index (χ3v) is 3.32. The molecule has 19 heavy (non-hydrogen) atoms. The Kier molecular flexibility index (Phi) is 2.60. The lowest BCUT2D eigenvalue weighted by atomic mass is 10.1. The van der Waals surface area contributed by atoms with E-state index in [4.69, 9.17) is 0 Å². The molecule has 0 saturated carbocycles. The van der Waals surface area contributed by atoms with Crippen LogP contribution in [0.3, 0.4) is 0 Å². The summed E-state index contributed by atoms with van der Waals surface area (Å²) in [6, 6.07) is 16.9. The van der Waals surface area contributed by atoms with Crippen molar-refractivity contribution >= 4 is 10.9 Å². The number of aryl methyl sites for hydroxylation is 1. The topological polar surface area (TPSA) is 42.2 Å². The first-order valence-electron chi connectivity index (χ1n) is 6.09. The number of fused-ring (bicyclic) bond motifs is 1. The summed E-state index contributed by atoms with van der Waals surface area (Å²) >= 11 is 0. The summed E-state index contributed by atoms with van der Waals surface area (Å²) < 4.78 is 1.54. The number of nitrogens with zero attached hydrogens (tertiary/aromatic N) is 1. The van der Waals surface area contributed by atoms with Crippen molar-refractivity contribution < 1.29 is 5.11 Å². The summed E-state index contributed by atoms with van der Waals surface area (Å²) in [7, 11) is 0. The van der Waals surface area contributed by atoms with Crippen molar-refractivity contribution in [1.82, 2.24) is 4.57 Å². The van der Waals surface area contributed by atoms with Gasteiger partial charge in [0.15, 0.2) is 5.75 Å². The van der Waals surface area contributed by atoms with E-state index in [9.17, 15) is 9.90 Å². The molecule has 0 fully saturated rings. The molecule has 0 bridgehead atoms. The molecule has 0 aliphatic carbocycles. The molecule has 0 saturated heterocycles. The summed E-state index contributed by atoms with van der Waals surface area (Å²) in [5.41, 5.74) is 1.78. The quantitative estimate of drug-likeness (QED) is 0.722. The van der Waals surface area contributed by atoms with Crippen LogP contribution in [0.4, 0.5) is 0 Å². The first kappa shape index (κ1) is 11.5. The van der Waals surface area contributed by atoms with Crippen LogP contribution in [0, 0.1) is 6.92 Å². The van der Waals surface area contributed by atoms with Gasteiger partial charge in [-0.2, -0.15) is 0 Å². The Morgan fingerprint density at radius 1 is 0.947 bits per heavy atom. The zero-order chi connectivity index (χ0) is 13.4. The van der Waals surface area contributed by atoms with Gasteiger partial charge in [0.25, 0.3) is 5.56 Å². The summed E-state index contributed by atoms with van der Waals surface area (Å²) in [5.74, 6) is -0.192. The highest BCUT2D eigenvalue weighted by molar-refractivity contribution is 5.85. The van der Waals surface area contributed by atoms with Gasteiger partial charge < -0.3 is 5.11 Å². The monoisotopic (exact) mass is 251 g/mol. The second-order valence-electron chi connectivity index (χ2n) is 4.47. The van der Waals surface area contributed by atoms with Gasteiger partial charge in [-0.05, 0) is 25.1 Å². The Hall–Kier alpha value is -2.55. The normalized spacial score (nSPS) is 10.8. The lowest BCUT2D eigenvalue weighted by Gasteiger charge is -2.13. The molecule has 0 amide bonds. The molecular formula is C16H13NO2. The molecule has 3 heteroatoms. The van der Waals surface area contributed by atoms with Crippen molar-refractivity contribution in [3.8, 4) is 11.4 Å². The Morgan fingerprint density at radius 2 is 1.58 bits per heavy atom. The van der Waals surface area contributed by atoms with E-state index in [1.807, 2.05) is 54.6 Å². The molecule has 3 aromatic rings. The highest BCUT2D eigenvalue weighted by Crippen LogP contribution is 2.24. The molecule has 94 valence electrons. The van der Waals surface area contributed by atoms with E-state index in [0.717, 1.165) is 16.6 Å². The van der Waals surface area contributed by atoms with Gasteiger partial charge in [0.1, 0.15) is 0 Å². The van der Waals surface area contributed by atoms with Crippen LogP contribution in [0.5, 0.6) is 5.75 Å². The van der Waals surface area contributed by atoms with Crippen LogP contribution in [-0.2, 0) is 0 Å². The summed E-state index contributed by atoms with van der Waals surface area (Å²) in [5, 5.41) is 10.9. The first-order valence-corrected chi connectivity index (χ1v) is 6.09. The van der Waals surface area contributed by atoms with Crippen molar-refractivity contribution in [2.75, 3.05) is 0 Å². The highest BCUT2D eigenvalue weighted by atomic mass is 16.3. The third kappa shape index (κ3) is 1.71. The van der Waals surface area contributed by atoms with Crippen molar-refractivity contribution in [2.24, 2.45) is 0 Å². The maximum Gasteiger partial charge on any atom is 0.297 e. The molecule has 3 nitrogen and oxygen atoms in total. The van der Waals surface area contributed by atoms with E-state index < -0.39 is 0 Å². The molecular weight excluding hydrogens is 238 g/mol. The molecule has 0 aliphatic rings. The fraction of sp³-hybridized carbons (Fsp3) is 0.0625. The zero-order valence-electron chi connectivity index (χ0n) is 10.5. The van der Waals surface area contributed by atoms with Crippen molar-refractivity contribution in [2.45, 2.75) is 6.92 Å². The molecule has 1 N–H and O–H groups in total. The smallest absolute Gasteiger partial charge is 0.297 e. The lowest BCUT2D eigenvalue weighted by Crippen LogP contribution is -2.19. The van der Waals surface area contributed by atoms with Crippen LogP contribution in [0.2, 0.25) is 0 Å². The number of aromatic nitrogens is 1. The molecule has 2 aromatic carbocycles. The number of hydrogen-bond donors (Lipinski definition) is 1. The minimum Gasteiger partial charge on any atom is -0.503 e. The van der Waals surface area contributed by atoms with Gasteiger partial charge in [0.2, 0.25) is 0 Å². The second-order valence-corrected chi connectivity index (χ2v) is 4.47. The number of hydrogen-bond acceptors (Lipinski definition) is 2. The van der Waals surface area contributed by atoms with Gasteiger partial charge in [0, 0.05) is 16.6 Å². The van der Waals surface area contributed by atoms with E-state index in [1.54, 1.807) is 6.92 Å². The number of para-hydroxylation sites is 2. The lowest BCUT2D eigenvalue weighted by molar-refractivity contribution is 0.461. The van der Waals surface area contributed by atoms with Crippen molar-refractivity contribution in [3.05, 3.63) is 70.5 Å². The van der Waals surface area contributed by atoms with E-state index in [2.05, 4.69) is 0 Å². The predicted molar refractivity (Wildman–Crippen MR) is 75.9 cm³/mol. The Balaban J connectivity index is 2.52. The van der Waals surface area contributed by atoms with E-state index in [0.29, 0.717) is 5.56 Å². The fourth-order valence-electron chi connectivity index (χ4n) is 2.32. The average molecular weight is 251 g/mol. The van der Waals surface area contributed by atoms with Crippen LogP contribution < -0.4 is 5.56 Å². The Labute approximate surface area is 110 Å². The molecule has 1 heterocycles. The standard InChI is InChI=1S/C16H13NO2/c1-11-13-9-5-6-10-14(13)17(16(19)15(11)18)12-7-3-2-4-8-12/h2-10,18H,1H3. The van der Waals surface area contributed by atoms with Gasteiger partial charge in [-0.3, -0.25) is 9.36 Å². The molecule has 1 aromatic heterocycles. The van der Waals surface area contributed by atoms with E-state index >= 15 is 0 Å². The molecule has 0 radical (unpaired) electrons. The molecule has 0 aliphatic heterocycles. The molecule has 0 spiro atoms. The Morgan fingerprint density at radius 3 is 2.32 bits per heavy atom. The fourth-order valence-corrected chi connectivity index (χ4v) is 2.32. The minimum absolute atomic E-state index is 0.192. The van der Waals surface area contributed by atoms with Gasteiger partial charge in [-0.25, -0.2) is 0 Å². The largest absolute Gasteiger partial charge is 0.503 e. The van der Waals surface area contributed by atoms with Crippen molar-refractivity contribution in [3.63, 3.8) is 0 Å². The van der Waals surface area contributed by atoms with Crippen LogP contribution in [0.15, 0.2) is 59.4 Å². The summed E-state index contributed by atoms with van der Waals surface area (Å²) in [6.45, 7) is 1.76. The first-order chi connectivity index (χ1) is 9.20. The van der Waals surface area contributed by atoms with Crippen LogP contribution in [-0.4, -0.2) is 9.67 Å². The van der Waals surface area contributed by atoms with Crippen molar-refractivity contribution in [1.29, 1.82) is 0 Å². The maximum atomic E-state index is 12.3. The molecule has 0 atom stereocenters. The van der Waals surface area contributed by atoms with E-state index in [-0.39, 0.29) is 11.3 Å². The van der Waals surface area contributed by atoms with Crippen LogP contribution >= 0.6 is 0 Å². The van der Waals surface area contributed by atoms with Gasteiger partial charge in [-0.1, -0.05) is 36.4 Å². The number of pyridine rings is 1. The highest BCUT2D eigenvalue weighted by Gasteiger charge is 2.13. The zero-order valence-corrected chi connectivity index (χ0v) is 10.5. The van der Waals surface area contributed by atoms with Gasteiger partial charge in [-0.15, -0.1) is 0 Å². The summed E-state index contributed by atoms with van der Waals surface area (Å²) in [4.78, 5) is 12.3. The SMILES string of the molecule is Cc1c(O)c(=O)n(-c2ccccc2)c2ccccc12. The van der Waals surface area contributed by atoms with Gasteiger partial charge in [0.05, 0.1) is 5.52 Å². The second kappa shape index (κ2) is 4.28. The number of rotatable bonds is 1. The molecule has 3 rings (SSSR count). The third-order valence-electron chi connectivity index (χ3n) is 3.32. The summed E-state index contributed by atoms with van der Waals surface area (Å²) in [6.07, 6.45) is 0. The van der Waals surface area contributed by atoms with E-state index in [1.165, 1.54) is 4.57 Å². The number of benzene rings is 2. The Bertz CT molecular complexity index is 804. The van der Waals surface area contributed by atoms with Crippen LogP contribution in [0.1, 0.15) is 5.56 Å². The predicted octanol–water partition coefficient (Wildman–Crippen LogP) is 3.00. The molecule has 0 unspecified atom stereocenters.